The van der Waals surface area contributed by atoms with Crippen LogP contribution in [0, 0.1) is 5.92 Å². The largest absolute Gasteiger partial charge is 0.381 e. The van der Waals surface area contributed by atoms with Crippen LogP contribution >= 0.6 is 0 Å². The van der Waals surface area contributed by atoms with E-state index in [0.717, 1.165) is 68.0 Å². The average molecular weight is 435 g/mol. The van der Waals surface area contributed by atoms with Crippen LogP contribution in [0.1, 0.15) is 37.7 Å². The minimum atomic E-state index is 0.0346. The van der Waals surface area contributed by atoms with Gasteiger partial charge in [0.25, 0.3) is 0 Å². The summed E-state index contributed by atoms with van der Waals surface area (Å²) in [6.07, 6.45) is 7.15. The summed E-state index contributed by atoms with van der Waals surface area (Å²) in [4.78, 5) is 22.8. The Hall–Kier alpha value is -2.64. The normalized spacial score (nSPS) is 28.7. The second kappa shape index (κ2) is 8.05. The first-order valence-corrected chi connectivity index (χ1v) is 11.8. The molecule has 4 heterocycles. The highest BCUT2D eigenvalue weighted by Gasteiger charge is 2.40. The molecule has 3 aliphatic heterocycles. The van der Waals surface area contributed by atoms with Gasteiger partial charge in [-0.05, 0) is 56.4 Å². The van der Waals surface area contributed by atoms with Gasteiger partial charge in [-0.25, -0.2) is 4.98 Å². The quantitative estimate of drug-likeness (QED) is 0.792. The number of amides is 1. The van der Waals surface area contributed by atoms with Crippen molar-refractivity contribution in [1.82, 2.24) is 4.98 Å². The Morgan fingerprint density at radius 2 is 2.09 bits per heavy atom. The molecule has 1 aromatic heterocycles. The summed E-state index contributed by atoms with van der Waals surface area (Å²) in [6, 6.07) is 10.9. The van der Waals surface area contributed by atoms with Crippen molar-refractivity contribution >= 4 is 28.8 Å². The van der Waals surface area contributed by atoms with Gasteiger partial charge < -0.3 is 24.6 Å². The van der Waals surface area contributed by atoms with Gasteiger partial charge in [0.05, 0.1) is 42.8 Å². The number of anilines is 4. The van der Waals surface area contributed by atoms with Gasteiger partial charge in [0.15, 0.2) is 0 Å². The molecule has 1 aromatic carbocycles. The Bertz CT molecular complexity index is 1020. The van der Waals surface area contributed by atoms with E-state index >= 15 is 0 Å². The van der Waals surface area contributed by atoms with Crippen molar-refractivity contribution in [3.63, 3.8) is 0 Å². The Morgan fingerprint density at radius 1 is 1.22 bits per heavy atom. The molecule has 7 heteroatoms. The number of nitrogens with zero attached hydrogens (tertiary/aromatic N) is 3. The SMILES string of the molecule is COC1CCC(C(=O)N2Cc3cccnc3Nc3ccc(N4C[C@@H]5C[C@H]4CO5)cc32)CC1. The smallest absolute Gasteiger partial charge is 0.230 e. The molecule has 7 nitrogen and oxygen atoms in total. The average Bonchev–Trinajstić information content (AvgIpc) is 3.43. The number of methoxy groups -OCH3 is 1. The van der Waals surface area contributed by atoms with Gasteiger partial charge in [0, 0.05) is 37.0 Å². The lowest BCUT2D eigenvalue weighted by atomic mass is 9.86. The number of fused-ring (bicyclic) bond motifs is 4. The number of morpholine rings is 1. The first-order chi connectivity index (χ1) is 15.7. The molecular formula is C25H30N4O3. The number of ether oxygens (including phenoxy) is 2. The van der Waals surface area contributed by atoms with Gasteiger partial charge in [0.1, 0.15) is 5.82 Å². The van der Waals surface area contributed by atoms with Crippen LogP contribution in [0.4, 0.5) is 22.9 Å². The van der Waals surface area contributed by atoms with Crippen molar-refractivity contribution in [3.05, 3.63) is 42.1 Å². The van der Waals surface area contributed by atoms with Crippen LogP contribution in [-0.2, 0) is 20.8 Å². The zero-order valence-electron chi connectivity index (χ0n) is 18.5. The van der Waals surface area contributed by atoms with Gasteiger partial charge in [-0.2, -0.15) is 0 Å². The lowest BCUT2D eigenvalue weighted by Crippen LogP contribution is -2.39. The highest BCUT2D eigenvalue weighted by Crippen LogP contribution is 2.41. The molecule has 2 saturated heterocycles. The first-order valence-electron chi connectivity index (χ1n) is 11.8. The molecule has 0 unspecified atom stereocenters. The molecule has 4 aliphatic rings. The summed E-state index contributed by atoms with van der Waals surface area (Å²) in [6.45, 7) is 2.25. The van der Waals surface area contributed by atoms with Crippen molar-refractivity contribution in [1.29, 1.82) is 0 Å². The maximum Gasteiger partial charge on any atom is 0.230 e. The Balaban J connectivity index is 1.35. The third-order valence-electron chi connectivity index (χ3n) is 7.60. The van der Waals surface area contributed by atoms with E-state index in [1.54, 1.807) is 13.3 Å². The highest BCUT2D eigenvalue weighted by molar-refractivity contribution is 6.00. The van der Waals surface area contributed by atoms with E-state index in [1.807, 2.05) is 11.0 Å². The lowest BCUT2D eigenvalue weighted by Gasteiger charge is -2.33. The van der Waals surface area contributed by atoms with E-state index in [9.17, 15) is 4.79 Å². The van der Waals surface area contributed by atoms with Crippen LogP contribution < -0.4 is 15.1 Å². The van der Waals surface area contributed by atoms with E-state index in [4.69, 9.17) is 9.47 Å². The van der Waals surface area contributed by atoms with Gasteiger partial charge in [-0.1, -0.05) is 6.07 Å². The fourth-order valence-electron chi connectivity index (χ4n) is 5.77. The third-order valence-corrected chi connectivity index (χ3v) is 7.60. The molecule has 2 atom stereocenters. The molecule has 2 aromatic rings. The van der Waals surface area contributed by atoms with E-state index in [-0.39, 0.29) is 17.9 Å². The lowest BCUT2D eigenvalue weighted by molar-refractivity contribution is -0.124. The summed E-state index contributed by atoms with van der Waals surface area (Å²) in [5, 5.41) is 3.49. The Kier molecular flexibility index (Phi) is 5.03. The second-order valence-electron chi connectivity index (χ2n) is 9.47. The molecule has 0 radical (unpaired) electrons. The van der Waals surface area contributed by atoms with Crippen LogP contribution in [0.15, 0.2) is 36.5 Å². The molecular weight excluding hydrogens is 404 g/mol. The fraction of sp³-hybridized carbons (Fsp3) is 0.520. The fourth-order valence-corrected chi connectivity index (χ4v) is 5.77. The number of carbonyl (C=O) groups is 1. The molecule has 1 amide bonds. The molecule has 2 bridgehead atoms. The van der Waals surface area contributed by atoms with Crippen molar-refractivity contribution in [3.8, 4) is 0 Å². The van der Waals surface area contributed by atoms with Gasteiger partial charge in [0.2, 0.25) is 5.91 Å². The molecule has 1 N–H and O–H groups in total. The van der Waals surface area contributed by atoms with Crippen LogP contribution in [0.2, 0.25) is 0 Å². The number of hydrogen-bond acceptors (Lipinski definition) is 6. The molecule has 1 saturated carbocycles. The maximum atomic E-state index is 13.8. The summed E-state index contributed by atoms with van der Waals surface area (Å²) >= 11 is 0. The van der Waals surface area contributed by atoms with Gasteiger partial charge in [-0.3, -0.25) is 4.79 Å². The molecule has 32 heavy (non-hydrogen) atoms. The number of pyridine rings is 1. The van der Waals surface area contributed by atoms with Crippen molar-refractivity contribution in [2.75, 3.05) is 35.4 Å². The van der Waals surface area contributed by atoms with E-state index in [1.165, 1.54) is 5.69 Å². The van der Waals surface area contributed by atoms with Crippen LogP contribution in [-0.4, -0.2) is 49.4 Å². The number of carbonyl (C=O) groups excluding carboxylic acids is 1. The zero-order chi connectivity index (χ0) is 21.7. The highest BCUT2D eigenvalue weighted by atomic mass is 16.5. The predicted octanol–water partition coefficient (Wildman–Crippen LogP) is 3.85. The summed E-state index contributed by atoms with van der Waals surface area (Å²) in [7, 11) is 1.77. The first kappa shape index (κ1) is 20.0. The van der Waals surface area contributed by atoms with Crippen molar-refractivity contribution < 1.29 is 14.3 Å². The standard InChI is InChI=1S/C25H30N4O3/c1-31-20-7-4-16(5-8-20)25(30)29-13-17-3-2-10-26-24(17)27-22-9-6-18(12-23(22)29)28-14-21-11-19(28)15-32-21/h2-3,6,9-10,12,16,19-21H,4-5,7-8,11,13-15H2,1H3,(H,26,27)/t16?,19-,20?,21-/m0/s1. The monoisotopic (exact) mass is 434 g/mol. The predicted molar refractivity (Wildman–Crippen MR) is 123 cm³/mol. The molecule has 168 valence electrons. The number of rotatable bonds is 3. The minimum Gasteiger partial charge on any atom is -0.381 e. The Morgan fingerprint density at radius 3 is 2.84 bits per heavy atom. The summed E-state index contributed by atoms with van der Waals surface area (Å²) < 4.78 is 11.3. The van der Waals surface area contributed by atoms with E-state index in [0.29, 0.717) is 18.7 Å². The Labute approximate surface area is 188 Å². The summed E-state index contributed by atoms with van der Waals surface area (Å²) in [5.41, 5.74) is 4.09. The van der Waals surface area contributed by atoms with E-state index < -0.39 is 0 Å². The van der Waals surface area contributed by atoms with Crippen molar-refractivity contribution in [2.45, 2.75) is 56.9 Å². The zero-order valence-corrected chi connectivity index (χ0v) is 18.5. The summed E-state index contributed by atoms with van der Waals surface area (Å²) in [5.74, 6) is 1.07. The van der Waals surface area contributed by atoms with Crippen LogP contribution in [0.5, 0.6) is 0 Å². The molecule has 0 spiro atoms. The maximum absolute atomic E-state index is 13.8. The molecule has 3 fully saturated rings. The number of nitrogens with one attached hydrogen (secondary N) is 1. The van der Waals surface area contributed by atoms with Gasteiger partial charge >= 0.3 is 0 Å². The molecule has 1 aliphatic carbocycles. The van der Waals surface area contributed by atoms with Crippen LogP contribution in [0.3, 0.4) is 0 Å². The van der Waals surface area contributed by atoms with Crippen LogP contribution in [0.25, 0.3) is 0 Å². The topological polar surface area (TPSA) is 66.9 Å². The number of hydrogen-bond donors (Lipinski definition) is 1. The minimum absolute atomic E-state index is 0.0346. The molecule has 6 rings (SSSR count). The van der Waals surface area contributed by atoms with Gasteiger partial charge in [-0.15, -0.1) is 0 Å². The number of benzene rings is 1. The van der Waals surface area contributed by atoms with Crippen molar-refractivity contribution in [2.24, 2.45) is 5.92 Å². The van der Waals surface area contributed by atoms with E-state index in [2.05, 4.69) is 39.5 Å². The third kappa shape index (κ3) is 3.44. The second-order valence-corrected chi connectivity index (χ2v) is 9.47. The number of aromatic nitrogens is 1.